The zero-order valence-corrected chi connectivity index (χ0v) is 6.05. The Morgan fingerprint density at radius 3 is 2.10 bits per heavy atom. The molecule has 0 rings (SSSR count). The van der Waals surface area contributed by atoms with E-state index in [1.54, 1.807) is 0 Å². The van der Waals surface area contributed by atoms with Crippen molar-refractivity contribution in [3.05, 3.63) is 11.0 Å². The van der Waals surface area contributed by atoms with E-state index in [9.17, 15) is 13.2 Å². The molecule has 0 spiro atoms. The van der Waals surface area contributed by atoms with Crippen LogP contribution in [0, 0.1) is 0 Å². The van der Waals surface area contributed by atoms with Gasteiger partial charge in [0.25, 0.3) is 10.1 Å². The van der Waals surface area contributed by atoms with Crippen LogP contribution in [0.15, 0.2) is 11.0 Å². The average molecular weight is 165 g/mol. The minimum Gasteiger partial charge on any atom is -0.366 e. The molecule has 0 aliphatic rings. The van der Waals surface area contributed by atoms with E-state index in [0.717, 1.165) is 0 Å². The summed E-state index contributed by atoms with van der Waals surface area (Å²) in [7, 11) is -4.23. The first-order valence-corrected chi connectivity index (χ1v) is 3.79. The van der Waals surface area contributed by atoms with E-state index in [2.05, 4.69) is 5.73 Å². The number of hydrogen-bond donors (Lipinski definition) is 2. The third-order valence-corrected chi connectivity index (χ3v) is 1.37. The number of primary amides is 1. The van der Waals surface area contributed by atoms with Gasteiger partial charge in [0.15, 0.2) is 0 Å². The van der Waals surface area contributed by atoms with Gasteiger partial charge in [0.1, 0.15) is 0 Å². The van der Waals surface area contributed by atoms with Gasteiger partial charge in [-0.05, 0) is 6.92 Å². The smallest absolute Gasteiger partial charge is 0.288 e. The van der Waals surface area contributed by atoms with Crippen molar-refractivity contribution in [3.8, 4) is 0 Å². The van der Waals surface area contributed by atoms with Crippen LogP contribution in [0.4, 0.5) is 0 Å². The van der Waals surface area contributed by atoms with Crippen molar-refractivity contribution in [2.45, 2.75) is 6.92 Å². The second kappa shape index (κ2) is 2.80. The van der Waals surface area contributed by atoms with Gasteiger partial charge in [-0.15, -0.1) is 0 Å². The minimum atomic E-state index is -4.23. The number of nitrogens with two attached hydrogens (primary N) is 1. The van der Waals surface area contributed by atoms with Gasteiger partial charge in [0, 0.05) is 5.57 Å². The highest BCUT2D eigenvalue weighted by Crippen LogP contribution is 1.94. The van der Waals surface area contributed by atoms with Gasteiger partial charge in [0.2, 0.25) is 5.91 Å². The van der Waals surface area contributed by atoms with Crippen LogP contribution in [0.5, 0.6) is 0 Å². The zero-order chi connectivity index (χ0) is 8.36. The van der Waals surface area contributed by atoms with E-state index in [1.807, 2.05) is 0 Å². The molecule has 0 aliphatic carbocycles. The van der Waals surface area contributed by atoms with E-state index in [-0.39, 0.29) is 5.57 Å². The lowest BCUT2D eigenvalue weighted by Gasteiger charge is -1.89. The Kier molecular flexibility index (Phi) is 2.56. The van der Waals surface area contributed by atoms with Crippen molar-refractivity contribution in [1.82, 2.24) is 0 Å². The molecular weight excluding hydrogens is 158 g/mol. The predicted molar refractivity (Wildman–Crippen MR) is 34.5 cm³/mol. The van der Waals surface area contributed by atoms with Crippen molar-refractivity contribution < 1.29 is 17.8 Å². The van der Waals surface area contributed by atoms with Gasteiger partial charge in [-0.25, -0.2) is 0 Å². The third kappa shape index (κ3) is 4.04. The molecular formula is C4H7NO4S. The van der Waals surface area contributed by atoms with Gasteiger partial charge in [-0.2, -0.15) is 8.42 Å². The van der Waals surface area contributed by atoms with Crippen molar-refractivity contribution >= 4 is 16.0 Å². The Morgan fingerprint density at radius 1 is 1.60 bits per heavy atom. The molecule has 0 saturated carbocycles. The first kappa shape index (κ1) is 9.12. The standard InChI is InChI=1S/C4H7NO4S/c1-3(4(5)6)2-10(7,8)9/h2H,1H3,(H2,5,6)(H,7,8,9)/b3-2+. The van der Waals surface area contributed by atoms with Crippen LogP contribution in [0.2, 0.25) is 0 Å². The maximum absolute atomic E-state index is 10.2. The van der Waals surface area contributed by atoms with E-state index in [4.69, 9.17) is 4.55 Å². The molecule has 0 radical (unpaired) electrons. The van der Waals surface area contributed by atoms with Crippen LogP contribution >= 0.6 is 0 Å². The van der Waals surface area contributed by atoms with Crippen molar-refractivity contribution in [2.24, 2.45) is 5.73 Å². The zero-order valence-electron chi connectivity index (χ0n) is 5.23. The van der Waals surface area contributed by atoms with Crippen LogP contribution in [0.25, 0.3) is 0 Å². The molecule has 0 bridgehead atoms. The summed E-state index contributed by atoms with van der Waals surface area (Å²) < 4.78 is 28.2. The van der Waals surface area contributed by atoms with E-state index in [0.29, 0.717) is 5.41 Å². The van der Waals surface area contributed by atoms with Gasteiger partial charge in [0.05, 0.1) is 5.41 Å². The summed E-state index contributed by atoms with van der Waals surface area (Å²) in [5, 5.41) is 0.398. The molecule has 5 nitrogen and oxygen atoms in total. The van der Waals surface area contributed by atoms with Gasteiger partial charge in [-0.1, -0.05) is 0 Å². The molecule has 0 aliphatic heterocycles. The molecule has 0 aromatic rings. The molecule has 3 N–H and O–H groups in total. The van der Waals surface area contributed by atoms with Crippen LogP contribution in [0.1, 0.15) is 6.92 Å². The molecule has 0 aromatic carbocycles. The Morgan fingerprint density at radius 2 is 2.00 bits per heavy atom. The lowest BCUT2D eigenvalue weighted by Crippen LogP contribution is -2.12. The Labute approximate surface area is 58.3 Å². The SMILES string of the molecule is C/C(=C\S(=O)(=O)O)C(N)=O. The largest absolute Gasteiger partial charge is 0.366 e. The summed E-state index contributed by atoms with van der Waals surface area (Å²) in [5.74, 6) is -0.877. The fourth-order valence-corrected chi connectivity index (χ4v) is 0.844. The molecule has 0 heterocycles. The van der Waals surface area contributed by atoms with E-state index < -0.39 is 16.0 Å². The van der Waals surface area contributed by atoms with Crippen LogP contribution in [-0.2, 0) is 14.9 Å². The van der Waals surface area contributed by atoms with Gasteiger partial charge < -0.3 is 5.73 Å². The second-order valence-corrected chi connectivity index (χ2v) is 2.95. The summed E-state index contributed by atoms with van der Waals surface area (Å²) in [6.45, 7) is 1.19. The first-order valence-electron chi connectivity index (χ1n) is 2.28. The normalized spacial score (nSPS) is 13.2. The highest BCUT2D eigenvalue weighted by Gasteiger charge is 2.03. The van der Waals surface area contributed by atoms with Crippen LogP contribution in [0.3, 0.4) is 0 Å². The summed E-state index contributed by atoms with van der Waals surface area (Å²) in [6.07, 6.45) is 0. The molecule has 10 heavy (non-hydrogen) atoms. The van der Waals surface area contributed by atoms with Gasteiger partial charge in [-0.3, -0.25) is 9.35 Å². The number of hydrogen-bond acceptors (Lipinski definition) is 3. The van der Waals surface area contributed by atoms with Crippen molar-refractivity contribution in [3.63, 3.8) is 0 Å². The van der Waals surface area contributed by atoms with Crippen molar-refractivity contribution in [1.29, 1.82) is 0 Å². The minimum absolute atomic E-state index is 0.206. The fourth-order valence-electron chi connectivity index (χ4n) is 0.281. The molecule has 6 heteroatoms. The third-order valence-electron chi connectivity index (χ3n) is 0.714. The Balaban J connectivity index is 4.66. The summed E-state index contributed by atoms with van der Waals surface area (Å²) in [6, 6.07) is 0. The number of rotatable bonds is 2. The fraction of sp³-hybridized carbons (Fsp3) is 0.250. The molecule has 0 aromatic heterocycles. The topological polar surface area (TPSA) is 97.5 Å². The number of amides is 1. The average Bonchev–Trinajstić information content (AvgIpc) is 1.60. The number of carbonyl (C=O) groups excluding carboxylic acids is 1. The number of carbonyl (C=O) groups is 1. The maximum atomic E-state index is 10.2. The van der Waals surface area contributed by atoms with Crippen LogP contribution in [-0.4, -0.2) is 18.9 Å². The lowest BCUT2D eigenvalue weighted by molar-refractivity contribution is -0.114. The molecule has 0 unspecified atom stereocenters. The quantitative estimate of drug-likeness (QED) is 0.416. The molecule has 58 valence electrons. The highest BCUT2D eigenvalue weighted by molar-refractivity contribution is 7.88. The predicted octanol–water partition coefficient (Wildman–Crippen LogP) is -0.737. The lowest BCUT2D eigenvalue weighted by atomic mass is 10.3. The first-order chi connectivity index (χ1) is 4.33. The molecule has 0 fully saturated rings. The highest BCUT2D eigenvalue weighted by atomic mass is 32.2. The second-order valence-electron chi connectivity index (χ2n) is 1.68. The van der Waals surface area contributed by atoms with E-state index >= 15 is 0 Å². The monoisotopic (exact) mass is 165 g/mol. The molecule has 1 amide bonds. The summed E-state index contributed by atoms with van der Waals surface area (Å²) in [5.41, 5.74) is 4.45. The molecule has 0 saturated heterocycles. The Bertz CT molecular complexity index is 263. The van der Waals surface area contributed by atoms with E-state index in [1.165, 1.54) is 6.92 Å². The van der Waals surface area contributed by atoms with Crippen molar-refractivity contribution in [2.75, 3.05) is 0 Å². The maximum Gasteiger partial charge on any atom is 0.288 e. The summed E-state index contributed by atoms with van der Waals surface area (Å²) in [4.78, 5) is 10.2. The van der Waals surface area contributed by atoms with Gasteiger partial charge >= 0.3 is 0 Å². The Hall–Kier alpha value is -0.880. The van der Waals surface area contributed by atoms with Crippen LogP contribution < -0.4 is 5.73 Å². The molecule has 0 atom stereocenters. The summed E-state index contributed by atoms with van der Waals surface area (Å²) >= 11 is 0.